The van der Waals surface area contributed by atoms with Gasteiger partial charge in [0.2, 0.25) is 5.28 Å². The van der Waals surface area contributed by atoms with Gasteiger partial charge < -0.3 is 10.4 Å². The Balaban J connectivity index is 2.10. The number of nitrogens with zero attached hydrogens (tertiary/aromatic N) is 2. The summed E-state index contributed by atoms with van der Waals surface area (Å²) in [5.74, 6) is 0.493. The lowest BCUT2D eigenvalue weighted by molar-refractivity contribution is 0.116. The van der Waals surface area contributed by atoms with Crippen molar-refractivity contribution in [2.75, 3.05) is 5.32 Å². The summed E-state index contributed by atoms with van der Waals surface area (Å²) in [5.41, 5.74) is 0. The maximum atomic E-state index is 9.81. The van der Waals surface area contributed by atoms with Crippen molar-refractivity contribution >= 4 is 29.0 Å². The quantitative estimate of drug-likeness (QED) is 0.804. The highest BCUT2D eigenvalue weighted by molar-refractivity contribution is 6.33. The summed E-state index contributed by atoms with van der Waals surface area (Å²) in [4.78, 5) is 7.77. The first kappa shape index (κ1) is 11.9. The van der Waals surface area contributed by atoms with E-state index in [9.17, 15) is 5.11 Å². The van der Waals surface area contributed by atoms with Gasteiger partial charge in [0, 0.05) is 0 Å². The zero-order valence-corrected chi connectivity index (χ0v) is 10.2. The number of anilines is 1. The molecule has 0 amide bonds. The van der Waals surface area contributed by atoms with Crippen LogP contribution < -0.4 is 5.32 Å². The van der Waals surface area contributed by atoms with E-state index < -0.39 is 0 Å². The predicted molar refractivity (Wildman–Crippen MR) is 63.9 cm³/mol. The molecule has 2 N–H and O–H groups in total. The lowest BCUT2D eigenvalue weighted by Crippen LogP contribution is -2.36. The predicted octanol–water partition coefficient (Wildman–Crippen LogP) is 2.50. The summed E-state index contributed by atoms with van der Waals surface area (Å²) in [7, 11) is 0. The molecule has 1 aliphatic rings. The molecule has 0 bridgehead atoms. The molecule has 0 aliphatic heterocycles. The van der Waals surface area contributed by atoms with Crippen LogP contribution in [0, 0.1) is 0 Å². The Morgan fingerprint density at radius 2 is 2.06 bits per heavy atom. The van der Waals surface area contributed by atoms with Crippen molar-refractivity contribution in [2.45, 2.75) is 37.8 Å². The van der Waals surface area contributed by atoms with Crippen LogP contribution in [0.25, 0.3) is 0 Å². The molecule has 88 valence electrons. The van der Waals surface area contributed by atoms with Crippen molar-refractivity contribution in [3.05, 3.63) is 16.5 Å². The SMILES string of the molecule is O[C@H]1CCCC[C@@H]1Nc1nc(Cl)ncc1Cl. The normalized spacial score (nSPS) is 25.4. The summed E-state index contributed by atoms with van der Waals surface area (Å²) in [6.07, 6.45) is 5.00. The van der Waals surface area contributed by atoms with Crippen molar-refractivity contribution in [2.24, 2.45) is 0 Å². The summed E-state index contributed by atoms with van der Waals surface area (Å²) in [6.45, 7) is 0. The van der Waals surface area contributed by atoms with Gasteiger partial charge in [0.25, 0.3) is 0 Å². The highest BCUT2D eigenvalue weighted by Gasteiger charge is 2.23. The molecule has 0 unspecified atom stereocenters. The molecule has 0 aromatic carbocycles. The van der Waals surface area contributed by atoms with Gasteiger partial charge in [-0.3, -0.25) is 0 Å². The molecule has 1 aliphatic carbocycles. The number of aliphatic hydroxyl groups is 1. The van der Waals surface area contributed by atoms with Gasteiger partial charge in [-0.2, -0.15) is 4.98 Å². The van der Waals surface area contributed by atoms with Crippen LogP contribution in [0.3, 0.4) is 0 Å². The monoisotopic (exact) mass is 261 g/mol. The van der Waals surface area contributed by atoms with Crippen molar-refractivity contribution in [1.29, 1.82) is 0 Å². The van der Waals surface area contributed by atoms with Crippen LogP contribution in [0.4, 0.5) is 5.82 Å². The topological polar surface area (TPSA) is 58.0 Å². The third kappa shape index (κ3) is 2.75. The number of aliphatic hydroxyl groups excluding tert-OH is 1. The average molecular weight is 262 g/mol. The minimum Gasteiger partial charge on any atom is -0.391 e. The molecule has 1 heterocycles. The van der Waals surface area contributed by atoms with E-state index in [4.69, 9.17) is 23.2 Å². The smallest absolute Gasteiger partial charge is 0.224 e. The second kappa shape index (κ2) is 5.17. The van der Waals surface area contributed by atoms with Gasteiger partial charge in [-0.05, 0) is 24.4 Å². The maximum Gasteiger partial charge on any atom is 0.224 e. The molecule has 2 atom stereocenters. The fourth-order valence-corrected chi connectivity index (χ4v) is 2.18. The average Bonchev–Trinajstić information content (AvgIpc) is 2.27. The van der Waals surface area contributed by atoms with Gasteiger partial charge in [0.1, 0.15) is 10.8 Å². The number of aromatic nitrogens is 2. The second-order valence-electron chi connectivity index (χ2n) is 3.94. The van der Waals surface area contributed by atoms with Gasteiger partial charge >= 0.3 is 0 Å². The zero-order valence-electron chi connectivity index (χ0n) is 8.66. The summed E-state index contributed by atoms with van der Waals surface area (Å²) < 4.78 is 0. The molecule has 1 aromatic heterocycles. The van der Waals surface area contributed by atoms with Gasteiger partial charge in [-0.1, -0.05) is 24.4 Å². The van der Waals surface area contributed by atoms with Crippen molar-refractivity contribution in [1.82, 2.24) is 9.97 Å². The first-order valence-corrected chi connectivity index (χ1v) is 6.05. The van der Waals surface area contributed by atoms with Gasteiger partial charge in [0.15, 0.2) is 0 Å². The third-order valence-corrected chi connectivity index (χ3v) is 3.23. The van der Waals surface area contributed by atoms with Gasteiger partial charge in [-0.25, -0.2) is 4.98 Å². The van der Waals surface area contributed by atoms with E-state index in [1.54, 1.807) is 0 Å². The molecule has 2 rings (SSSR count). The Morgan fingerprint density at radius 1 is 1.31 bits per heavy atom. The van der Waals surface area contributed by atoms with Crippen LogP contribution in [0.5, 0.6) is 0 Å². The molecule has 1 saturated carbocycles. The highest BCUT2D eigenvalue weighted by Crippen LogP contribution is 2.25. The number of halogens is 2. The molecule has 16 heavy (non-hydrogen) atoms. The van der Waals surface area contributed by atoms with Gasteiger partial charge in [0.05, 0.1) is 18.3 Å². The molecule has 1 aromatic rings. The number of hydrogen-bond acceptors (Lipinski definition) is 4. The van der Waals surface area contributed by atoms with E-state index in [1.165, 1.54) is 6.20 Å². The van der Waals surface area contributed by atoms with Crippen LogP contribution in [-0.4, -0.2) is 27.2 Å². The van der Waals surface area contributed by atoms with Crippen molar-refractivity contribution in [3.63, 3.8) is 0 Å². The lowest BCUT2D eigenvalue weighted by atomic mass is 9.93. The first-order valence-electron chi connectivity index (χ1n) is 5.29. The molecule has 4 nitrogen and oxygen atoms in total. The summed E-state index contributed by atoms with van der Waals surface area (Å²) in [5, 5.41) is 13.5. The summed E-state index contributed by atoms with van der Waals surface area (Å²) >= 11 is 11.6. The molecule has 1 fully saturated rings. The molecular weight excluding hydrogens is 249 g/mol. The van der Waals surface area contributed by atoms with Crippen LogP contribution in [-0.2, 0) is 0 Å². The Kier molecular flexibility index (Phi) is 3.84. The number of nitrogens with one attached hydrogen (secondary N) is 1. The Labute approximate surface area is 104 Å². The number of rotatable bonds is 2. The largest absolute Gasteiger partial charge is 0.391 e. The van der Waals surface area contributed by atoms with E-state index in [0.29, 0.717) is 10.8 Å². The van der Waals surface area contributed by atoms with Crippen LogP contribution in [0.15, 0.2) is 6.20 Å². The van der Waals surface area contributed by atoms with Gasteiger partial charge in [-0.15, -0.1) is 0 Å². The molecule has 0 spiro atoms. The van der Waals surface area contributed by atoms with E-state index in [0.717, 1.165) is 25.7 Å². The Hall–Kier alpha value is -0.580. The minimum absolute atomic E-state index is 0.00258. The lowest BCUT2D eigenvalue weighted by Gasteiger charge is -2.28. The van der Waals surface area contributed by atoms with Crippen molar-refractivity contribution < 1.29 is 5.11 Å². The molecule has 6 heteroatoms. The fraction of sp³-hybridized carbons (Fsp3) is 0.600. The second-order valence-corrected chi connectivity index (χ2v) is 4.68. The molecule has 0 saturated heterocycles. The maximum absolute atomic E-state index is 9.81. The van der Waals surface area contributed by atoms with E-state index in [1.807, 2.05) is 0 Å². The van der Waals surface area contributed by atoms with Crippen LogP contribution in [0.2, 0.25) is 10.3 Å². The first-order chi connectivity index (χ1) is 7.66. The third-order valence-electron chi connectivity index (χ3n) is 2.77. The minimum atomic E-state index is -0.349. The highest BCUT2D eigenvalue weighted by atomic mass is 35.5. The Bertz CT molecular complexity index is 375. The van der Waals surface area contributed by atoms with Crippen LogP contribution in [0.1, 0.15) is 25.7 Å². The molecular formula is C10H13Cl2N3O. The molecule has 0 radical (unpaired) electrons. The fourth-order valence-electron chi connectivity index (χ4n) is 1.90. The van der Waals surface area contributed by atoms with E-state index >= 15 is 0 Å². The standard InChI is InChI=1S/C10H13Cl2N3O/c11-6-5-13-10(12)15-9(6)14-7-3-1-2-4-8(7)16/h5,7-8,16H,1-4H2,(H,13,14,15)/t7-,8-/m0/s1. The van der Waals surface area contributed by atoms with Crippen molar-refractivity contribution in [3.8, 4) is 0 Å². The van der Waals surface area contributed by atoms with E-state index in [2.05, 4.69) is 15.3 Å². The number of hydrogen-bond donors (Lipinski definition) is 2. The van der Waals surface area contributed by atoms with E-state index in [-0.39, 0.29) is 17.4 Å². The zero-order chi connectivity index (χ0) is 11.5. The summed E-state index contributed by atoms with van der Waals surface area (Å²) in [6, 6.07) is -0.00258. The van der Waals surface area contributed by atoms with Crippen LogP contribution >= 0.6 is 23.2 Å². The Morgan fingerprint density at radius 3 is 2.81 bits per heavy atom.